The number of rotatable bonds is 4. The molecule has 1 aliphatic heterocycles. The second kappa shape index (κ2) is 5.64. The summed E-state index contributed by atoms with van der Waals surface area (Å²) in [7, 11) is 0. The van der Waals surface area contributed by atoms with Crippen LogP contribution < -0.4 is 11.3 Å². The first-order valence-electron chi connectivity index (χ1n) is 6.69. The molecule has 2 unspecified atom stereocenters. The van der Waals surface area contributed by atoms with E-state index in [1.807, 2.05) is 11.8 Å². The van der Waals surface area contributed by atoms with Crippen LogP contribution in [-0.4, -0.2) is 11.8 Å². The van der Waals surface area contributed by atoms with Gasteiger partial charge in [0, 0.05) is 22.6 Å². The highest BCUT2D eigenvalue weighted by molar-refractivity contribution is 7.99. The molecule has 0 bridgehead atoms. The van der Waals surface area contributed by atoms with E-state index in [1.165, 1.54) is 16.9 Å². The normalized spacial score (nSPS) is 20.8. The lowest BCUT2D eigenvalue weighted by Gasteiger charge is -2.27. The Balaban J connectivity index is 2.06. The summed E-state index contributed by atoms with van der Waals surface area (Å²) in [4.78, 5) is 1.43. The molecule has 1 aliphatic rings. The predicted octanol–water partition coefficient (Wildman–Crippen LogP) is 3.53. The molecule has 0 radical (unpaired) electrons. The number of hydrogen-bond acceptors (Lipinski definition) is 3. The van der Waals surface area contributed by atoms with Gasteiger partial charge in [0.05, 0.1) is 0 Å². The number of nitrogens with two attached hydrogens (primary N) is 1. The lowest BCUT2D eigenvalue weighted by molar-refractivity contribution is 0.316. The van der Waals surface area contributed by atoms with Gasteiger partial charge < -0.3 is 0 Å². The average Bonchev–Trinajstić information content (AvgIpc) is 2.73. The standard InChI is InChI=1S/C15H24N2S/c1-15(2,3)9-8-13(17-16)12-10-18-14-7-5-4-6-11(12)14/h4-7,12-13,17H,8-10,16H2,1-3H3. The van der Waals surface area contributed by atoms with E-state index in [4.69, 9.17) is 5.84 Å². The third-order valence-electron chi connectivity index (χ3n) is 3.64. The van der Waals surface area contributed by atoms with Crippen molar-refractivity contribution in [3.8, 4) is 0 Å². The van der Waals surface area contributed by atoms with Gasteiger partial charge in [0.25, 0.3) is 0 Å². The van der Waals surface area contributed by atoms with Gasteiger partial charge in [-0.25, -0.2) is 0 Å². The van der Waals surface area contributed by atoms with Gasteiger partial charge in [-0.3, -0.25) is 11.3 Å². The molecular formula is C15H24N2S. The van der Waals surface area contributed by atoms with Crippen LogP contribution in [-0.2, 0) is 0 Å². The van der Waals surface area contributed by atoms with Gasteiger partial charge >= 0.3 is 0 Å². The summed E-state index contributed by atoms with van der Waals surface area (Å²) >= 11 is 1.96. The smallest absolute Gasteiger partial charge is 0.0287 e. The minimum Gasteiger partial charge on any atom is -0.271 e. The molecule has 0 aliphatic carbocycles. The molecule has 3 heteroatoms. The van der Waals surface area contributed by atoms with Crippen LogP contribution in [0.3, 0.4) is 0 Å². The monoisotopic (exact) mass is 264 g/mol. The molecular weight excluding hydrogens is 240 g/mol. The van der Waals surface area contributed by atoms with Gasteiger partial charge in [-0.05, 0) is 29.9 Å². The Morgan fingerprint density at radius 2 is 2.11 bits per heavy atom. The van der Waals surface area contributed by atoms with E-state index in [0.717, 1.165) is 12.2 Å². The summed E-state index contributed by atoms with van der Waals surface area (Å²) in [6.07, 6.45) is 2.34. The molecule has 2 nitrogen and oxygen atoms in total. The van der Waals surface area contributed by atoms with Gasteiger partial charge in [-0.1, -0.05) is 39.0 Å². The van der Waals surface area contributed by atoms with Crippen molar-refractivity contribution in [1.82, 2.24) is 5.43 Å². The highest BCUT2D eigenvalue weighted by Gasteiger charge is 2.30. The molecule has 2 rings (SSSR count). The van der Waals surface area contributed by atoms with Crippen LogP contribution in [0.4, 0.5) is 0 Å². The molecule has 0 aromatic heterocycles. The number of hydrogen-bond donors (Lipinski definition) is 2. The van der Waals surface area contributed by atoms with E-state index in [2.05, 4.69) is 50.5 Å². The highest BCUT2D eigenvalue weighted by atomic mass is 32.2. The number of fused-ring (bicyclic) bond motifs is 1. The van der Waals surface area contributed by atoms with Crippen LogP contribution in [0.5, 0.6) is 0 Å². The summed E-state index contributed by atoms with van der Waals surface area (Å²) in [6, 6.07) is 9.11. The first-order valence-corrected chi connectivity index (χ1v) is 7.68. The fourth-order valence-electron chi connectivity index (χ4n) is 2.51. The van der Waals surface area contributed by atoms with E-state index in [0.29, 0.717) is 17.4 Å². The molecule has 100 valence electrons. The fourth-order valence-corrected chi connectivity index (χ4v) is 3.84. The molecule has 0 amide bonds. The molecule has 2 atom stereocenters. The molecule has 1 aromatic carbocycles. The highest BCUT2D eigenvalue weighted by Crippen LogP contribution is 2.42. The van der Waals surface area contributed by atoms with E-state index >= 15 is 0 Å². The SMILES string of the molecule is CC(C)(C)CCC(NN)C1CSc2ccccc21. The van der Waals surface area contributed by atoms with Crippen molar-refractivity contribution in [2.75, 3.05) is 5.75 Å². The quantitative estimate of drug-likeness (QED) is 0.645. The Bertz CT molecular complexity index is 398. The number of nitrogens with one attached hydrogen (secondary N) is 1. The molecule has 18 heavy (non-hydrogen) atoms. The van der Waals surface area contributed by atoms with Crippen molar-refractivity contribution in [2.24, 2.45) is 11.3 Å². The zero-order valence-corrected chi connectivity index (χ0v) is 12.4. The van der Waals surface area contributed by atoms with E-state index < -0.39 is 0 Å². The summed E-state index contributed by atoms with van der Waals surface area (Å²) in [6.45, 7) is 6.87. The first-order chi connectivity index (χ1) is 8.51. The summed E-state index contributed by atoms with van der Waals surface area (Å²) < 4.78 is 0. The first kappa shape index (κ1) is 13.9. The Hall–Kier alpha value is -0.510. The molecule has 0 saturated heterocycles. The lowest BCUT2D eigenvalue weighted by Crippen LogP contribution is -2.40. The maximum atomic E-state index is 5.78. The zero-order valence-electron chi connectivity index (χ0n) is 11.6. The number of hydrazine groups is 1. The van der Waals surface area contributed by atoms with Crippen molar-refractivity contribution in [2.45, 2.75) is 50.5 Å². The third-order valence-corrected chi connectivity index (χ3v) is 4.85. The van der Waals surface area contributed by atoms with Gasteiger partial charge in [-0.2, -0.15) is 0 Å². The molecule has 0 fully saturated rings. The summed E-state index contributed by atoms with van der Waals surface area (Å²) in [5.41, 5.74) is 4.89. The van der Waals surface area contributed by atoms with Crippen molar-refractivity contribution >= 4 is 11.8 Å². The minimum atomic E-state index is 0.375. The maximum Gasteiger partial charge on any atom is 0.0287 e. The second-order valence-electron chi connectivity index (χ2n) is 6.33. The van der Waals surface area contributed by atoms with Crippen LogP contribution in [0.15, 0.2) is 29.2 Å². The molecule has 1 heterocycles. The molecule has 3 N–H and O–H groups in total. The van der Waals surface area contributed by atoms with Crippen molar-refractivity contribution in [3.05, 3.63) is 29.8 Å². The van der Waals surface area contributed by atoms with Crippen molar-refractivity contribution < 1.29 is 0 Å². The lowest BCUT2D eigenvalue weighted by atomic mass is 9.84. The van der Waals surface area contributed by atoms with E-state index in [9.17, 15) is 0 Å². The van der Waals surface area contributed by atoms with Gasteiger partial charge in [-0.15, -0.1) is 11.8 Å². The van der Waals surface area contributed by atoms with Crippen LogP contribution >= 0.6 is 11.8 Å². The van der Waals surface area contributed by atoms with E-state index in [-0.39, 0.29) is 0 Å². The Morgan fingerprint density at radius 3 is 2.78 bits per heavy atom. The Kier molecular flexibility index (Phi) is 4.36. The van der Waals surface area contributed by atoms with Gasteiger partial charge in [0.2, 0.25) is 0 Å². The van der Waals surface area contributed by atoms with E-state index in [1.54, 1.807) is 0 Å². The van der Waals surface area contributed by atoms with Crippen LogP contribution in [0.25, 0.3) is 0 Å². The fraction of sp³-hybridized carbons (Fsp3) is 0.600. The number of thioether (sulfide) groups is 1. The van der Waals surface area contributed by atoms with Crippen LogP contribution in [0.2, 0.25) is 0 Å². The topological polar surface area (TPSA) is 38.0 Å². The largest absolute Gasteiger partial charge is 0.271 e. The Morgan fingerprint density at radius 1 is 1.39 bits per heavy atom. The predicted molar refractivity (Wildman–Crippen MR) is 79.7 cm³/mol. The maximum absolute atomic E-state index is 5.78. The van der Waals surface area contributed by atoms with Gasteiger partial charge in [0.1, 0.15) is 0 Å². The van der Waals surface area contributed by atoms with Crippen molar-refractivity contribution in [1.29, 1.82) is 0 Å². The average molecular weight is 264 g/mol. The van der Waals surface area contributed by atoms with Gasteiger partial charge in [0.15, 0.2) is 0 Å². The summed E-state index contributed by atoms with van der Waals surface area (Å²) in [5.74, 6) is 7.49. The third kappa shape index (κ3) is 3.28. The zero-order chi connectivity index (χ0) is 13.2. The second-order valence-corrected chi connectivity index (χ2v) is 7.39. The minimum absolute atomic E-state index is 0.375. The molecule has 0 saturated carbocycles. The molecule has 0 spiro atoms. The van der Waals surface area contributed by atoms with Crippen molar-refractivity contribution in [3.63, 3.8) is 0 Å². The van der Waals surface area contributed by atoms with Crippen LogP contribution in [0, 0.1) is 5.41 Å². The molecule has 1 aromatic rings. The summed E-state index contributed by atoms with van der Waals surface area (Å²) in [5, 5.41) is 0. The number of benzene rings is 1. The Labute approximate surface area is 115 Å². The van der Waals surface area contributed by atoms with Crippen LogP contribution in [0.1, 0.15) is 45.1 Å².